The lowest BCUT2D eigenvalue weighted by Crippen LogP contribution is -2.35. The van der Waals surface area contributed by atoms with Crippen LogP contribution in [0.1, 0.15) is 29.4 Å². The van der Waals surface area contributed by atoms with Crippen molar-refractivity contribution in [2.75, 3.05) is 6.61 Å². The van der Waals surface area contributed by atoms with E-state index in [1.165, 1.54) is 16.8 Å². The monoisotopic (exact) mass is 483 g/mol. The lowest BCUT2D eigenvalue weighted by molar-refractivity contribution is -0.114. The topological polar surface area (TPSA) is 83.0 Å². The number of fused-ring (bicyclic) bond motifs is 1. The van der Waals surface area contributed by atoms with Gasteiger partial charge in [-0.1, -0.05) is 42.5 Å². The number of carbonyl (C=O) groups is 1. The Morgan fingerprint density at radius 1 is 1.09 bits per heavy atom. The third kappa shape index (κ3) is 4.33. The van der Waals surface area contributed by atoms with Crippen LogP contribution in [-0.4, -0.2) is 38.1 Å². The first-order chi connectivity index (χ1) is 17.0. The van der Waals surface area contributed by atoms with Gasteiger partial charge in [-0.3, -0.25) is 10.2 Å². The maximum Gasteiger partial charge on any atom is 0.283 e. The molecular weight excluding hydrogens is 458 g/mol. The molecule has 0 fully saturated rings. The van der Waals surface area contributed by atoms with Gasteiger partial charge >= 0.3 is 0 Å². The van der Waals surface area contributed by atoms with E-state index < -0.39 is 5.91 Å². The number of ether oxygens (including phenoxy) is 1. The second-order valence-electron chi connectivity index (χ2n) is 8.24. The van der Waals surface area contributed by atoms with Crippen LogP contribution in [0, 0.1) is 19.3 Å². The summed E-state index contributed by atoms with van der Waals surface area (Å²) in [5, 5.41) is 16.0. The number of carbonyl (C=O) groups excluding carboxylic acids is 1. The summed E-state index contributed by atoms with van der Waals surface area (Å²) >= 11 is 1.34. The molecule has 35 heavy (non-hydrogen) atoms. The van der Waals surface area contributed by atoms with Gasteiger partial charge in [-0.15, -0.1) is 0 Å². The number of rotatable bonds is 6. The molecule has 0 atom stereocenters. The van der Waals surface area contributed by atoms with Crippen LogP contribution in [0.3, 0.4) is 0 Å². The summed E-state index contributed by atoms with van der Waals surface area (Å²) in [4.78, 5) is 17.2. The van der Waals surface area contributed by atoms with Gasteiger partial charge < -0.3 is 9.30 Å². The molecule has 5 rings (SSSR count). The molecule has 0 unspecified atom stereocenters. The van der Waals surface area contributed by atoms with E-state index in [0.717, 1.165) is 39.0 Å². The van der Waals surface area contributed by atoms with Crippen molar-refractivity contribution >= 4 is 39.8 Å². The number of nitrogens with zero attached hydrogens (tertiary/aromatic N) is 4. The lowest BCUT2D eigenvalue weighted by atomic mass is 10.1. The highest BCUT2D eigenvalue weighted by molar-refractivity contribution is 8.26. The molecule has 0 spiro atoms. The van der Waals surface area contributed by atoms with Crippen molar-refractivity contribution < 1.29 is 9.53 Å². The van der Waals surface area contributed by atoms with Crippen molar-refractivity contribution in [3.63, 3.8) is 0 Å². The molecule has 0 bridgehead atoms. The lowest BCUT2D eigenvalue weighted by Gasteiger charge is -2.20. The highest BCUT2D eigenvalue weighted by Crippen LogP contribution is 2.32. The van der Waals surface area contributed by atoms with Gasteiger partial charge in [-0.05, 0) is 67.9 Å². The number of aromatic nitrogens is 1. The van der Waals surface area contributed by atoms with Gasteiger partial charge in [0.05, 0.1) is 17.9 Å². The Labute approximate surface area is 208 Å². The number of aliphatic imine (C=N–C) groups is 1. The Bertz CT molecular complexity index is 1420. The molecule has 0 saturated heterocycles. The van der Waals surface area contributed by atoms with Crippen molar-refractivity contribution in [3.8, 4) is 11.4 Å². The normalized spacial score (nSPS) is 16.4. The number of amides is 1. The van der Waals surface area contributed by atoms with Gasteiger partial charge in [0.1, 0.15) is 10.8 Å². The van der Waals surface area contributed by atoms with Crippen LogP contribution >= 0.6 is 11.8 Å². The van der Waals surface area contributed by atoms with Crippen LogP contribution in [0.5, 0.6) is 5.75 Å². The Kier molecular flexibility index (Phi) is 6.13. The van der Waals surface area contributed by atoms with Crippen molar-refractivity contribution in [2.24, 2.45) is 10.1 Å². The second-order valence-corrected chi connectivity index (χ2v) is 9.28. The molecule has 2 aromatic carbocycles. The molecule has 1 aromatic heterocycles. The maximum atomic E-state index is 12.9. The summed E-state index contributed by atoms with van der Waals surface area (Å²) in [6.45, 7) is 6.54. The van der Waals surface area contributed by atoms with Gasteiger partial charge in [0.15, 0.2) is 5.84 Å². The van der Waals surface area contributed by atoms with Crippen LogP contribution in [0.25, 0.3) is 11.8 Å². The fourth-order valence-electron chi connectivity index (χ4n) is 4.25. The van der Waals surface area contributed by atoms with Crippen molar-refractivity contribution in [1.82, 2.24) is 9.58 Å². The van der Waals surface area contributed by atoms with Crippen molar-refractivity contribution in [1.29, 1.82) is 5.41 Å². The average Bonchev–Trinajstić information content (AvgIpc) is 3.37. The number of hydrogen-bond donors (Lipinski definition) is 1. The van der Waals surface area contributed by atoms with Gasteiger partial charge in [0, 0.05) is 17.8 Å². The minimum absolute atomic E-state index is 0.0371. The van der Waals surface area contributed by atoms with Gasteiger partial charge in [-0.25, -0.2) is 0 Å². The molecule has 1 N–H and O–H groups in total. The molecule has 3 aromatic rings. The van der Waals surface area contributed by atoms with Gasteiger partial charge in [0.2, 0.25) is 5.17 Å². The van der Waals surface area contributed by atoms with E-state index >= 15 is 0 Å². The summed E-state index contributed by atoms with van der Waals surface area (Å²) in [5.74, 6) is 0.403. The number of hydrogen-bond acceptors (Lipinski definition) is 5. The van der Waals surface area contributed by atoms with Crippen LogP contribution < -0.4 is 4.74 Å². The van der Waals surface area contributed by atoms with Crippen LogP contribution in [0.15, 0.2) is 76.3 Å². The summed E-state index contributed by atoms with van der Waals surface area (Å²) in [7, 11) is 0. The molecule has 0 saturated carbocycles. The Morgan fingerprint density at radius 3 is 2.60 bits per heavy atom. The predicted molar refractivity (Wildman–Crippen MR) is 142 cm³/mol. The van der Waals surface area contributed by atoms with Crippen LogP contribution in [0.2, 0.25) is 0 Å². The standard InChI is InChI=1S/C27H25N5O2S/c1-4-34-23-13-9-8-12-22(23)31-17(2)14-20(18(31)3)16-21-25(28)32-27(29-26(21)33)35-24(30-32)15-19-10-6-5-7-11-19/h5-14,16,28H,4,15H2,1-3H3. The predicted octanol–water partition coefficient (Wildman–Crippen LogP) is 5.35. The van der Waals surface area contributed by atoms with E-state index in [9.17, 15) is 4.79 Å². The van der Waals surface area contributed by atoms with Crippen LogP contribution in [-0.2, 0) is 11.2 Å². The van der Waals surface area contributed by atoms with E-state index in [1.54, 1.807) is 6.08 Å². The molecule has 176 valence electrons. The molecular formula is C27H25N5O2S. The molecule has 8 heteroatoms. The molecule has 0 aliphatic carbocycles. The fourth-order valence-corrected chi connectivity index (χ4v) is 5.17. The Morgan fingerprint density at radius 2 is 1.83 bits per heavy atom. The van der Waals surface area contributed by atoms with Gasteiger partial charge in [0.25, 0.3) is 5.91 Å². The molecule has 1 amide bonds. The van der Waals surface area contributed by atoms with E-state index in [4.69, 9.17) is 10.1 Å². The fraction of sp³-hybridized carbons (Fsp3) is 0.185. The third-order valence-electron chi connectivity index (χ3n) is 5.87. The van der Waals surface area contributed by atoms with Crippen molar-refractivity contribution in [3.05, 3.63) is 88.8 Å². The zero-order chi connectivity index (χ0) is 24.5. The zero-order valence-corrected chi connectivity index (χ0v) is 20.6. The van der Waals surface area contributed by atoms with E-state index in [2.05, 4.69) is 14.7 Å². The summed E-state index contributed by atoms with van der Waals surface area (Å²) in [6, 6.07) is 19.9. The van der Waals surface area contributed by atoms with E-state index in [-0.39, 0.29) is 11.4 Å². The third-order valence-corrected chi connectivity index (χ3v) is 6.78. The van der Waals surface area contributed by atoms with E-state index in [1.807, 2.05) is 81.4 Å². The molecule has 0 radical (unpaired) electrons. The number of nitrogens with one attached hydrogen (secondary N) is 1. The average molecular weight is 484 g/mol. The molecule has 2 aliphatic heterocycles. The number of thioether (sulfide) groups is 1. The first-order valence-corrected chi connectivity index (χ1v) is 12.2. The number of benzene rings is 2. The Hall–Kier alpha value is -3.91. The van der Waals surface area contributed by atoms with E-state index in [0.29, 0.717) is 18.2 Å². The first-order valence-electron chi connectivity index (χ1n) is 11.4. The quantitative estimate of drug-likeness (QED) is 0.479. The first kappa shape index (κ1) is 22.9. The minimum Gasteiger partial charge on any atom is -0.492 e. The second kappa shape index (κ2) is 9.38. The minimum atomic E-state index is -0.426. The number of hydrazone groups is 1. The SMILES string of the molecule is CCOc1ccccc1-n1c(C)cc(C=C2C(=N)N3N=C(Cc4ccccc4)SC3=NC2=O)c1C. The van der Waals surface area contributed by atoms with Gasteiger partial charge in [-0.2, -0.15) is 15.1 Å². The summed E-state index contributed by atoms with van der Waals surface area (Å²) < 4.78 is 7.93. The summed E-state index contributed by atoms with van der Waals surface area (Å²) in [5.41, 5.74) is 5.07. The molecule has 3 heterocycles. The largest absolute Gasteiger partial charge is 0.492 e. The maximum absolute atomic E-state index is 12.9. The highest BCUT2D eigenvalue weighted by Gasteiger charge is 2.35. The highest BCUT2D eigenvalue weighted by atomic mass is 32.2. The molecule has 2 aliphatic rings. The van der Waals surface area contributed by atoms with Crippen molar-refractivity contribution in [2.45, 2.75) is 27.2 Å². The number of amidine groups is 2. The zero-order valence-electron chi connectivity index (χ0n) is 19.8. The number of para-hydroxylation sites is 2. The summed E-state index contributed by atoms with van der Waals surface area (Å²) in [6.07, 6.45) is 2.37. The Balaban J connectivity index is 1.47. The smallest absolute Gasteiger partial charge is 0.283 e. The molecule has 7 nitrogen and oxygen atoms in total. The number of aryl methyl sites for hydroxylation is 1. The van der Waals surface area contributed by atoms with Crippen LogP contribution in [0.4, 0.5) is 0 Å².